The van der Waals surface area contributed by atoms with Crippen molar-refractivity contribution in [3.05, 3.63) is 0 Å². The molecular formula is C13H25N3O3. The lowest BCUT2D eigenvalue weighted by atomic mass is 10.2. The molecule has 3 N–H and O–H groups in total. The van der Waals surface area contributed by atoms with Gasteiger partial charge in [0.15, 0.2) is 0 Å². The van der Waals surface area contributed by atoms with E-state index in [0.717, 1.165) is 13.0 Å². The second-order valence-corrected chi connectivity index (χ2v) is 5.14. The predicted octanol–water partition coefficient (Wildman–Crippen LogP) is 1.02. The highest BCUT2D eigenvalue weighted by Crippen LogP contribution is 2.06. The lowest BCUT2D eigenvalue weighted by molar-refractivity contribution is -0.137. The van der Waals surface area contributed by atoms with Crippen LogP contribution in [0.2, 0.25) is 0 Å². The van der Waals surface area contributed by atoms with Gasteiger partial charge in [0.2, 0.25) is 0 Å². The van der Waals surface area contributed by atoms with Gasteiger partial charge in [-0.1, -0.05) is 0 Å². The van der Waals surface area contributed by atoms with Gasteiger partial charge in [0.25, 0.3) is 0 Å². The molecule has 1 atom stereocenters. The Hall–Kier alpha value is -1.30. The molecule has 0 aliphatic carbocycles. The van der Waals surface area contributed by atoms with E-state index in [4.69, 9.17) is 5.11 Å². The number of carbonyl (C=O) groups excluding carboxylic acids is 1. The number of carboxylic acids is 1. The van der Waals surface area contributed by atoms with Crippen LogP contribution in [0.1, 0.15) is 39.0 Å². The molecule has 0 spiro atoms. The number of likely N-dealkylation sites (tertiary alicyclic amines) is 1. The summed E-state index contributed by atoms with van der Waals surface area (Å²) in [6.07, 6.45) is 4.06. The summed E-state index contributed by atoms with van der Waals surface area (Å²) in [7, 11) is 0. The van der Waals surface area contributed by atoms with Gasteiger partial charge >= 0.3 is 12.0 Å². The van der Waals surface area contributed by atoms with E-state index in [1.807, 2.05) is 6.92 Å². The van der Waals surface area contributed by atoms with Crippen molar-refractivity contribution in [3.63, 3.8) is 0 Å². The molecule has 1 fully saturated rings. The maximum absolute atomic E-state index is 11.5. The quantitative estimate of drug-likeness (QED) is 0.576. The standard InChI is InChI=1S/C13H25N3O3/c1-11(5-6-12(17)18)15-13(19)14-7-4-10-16-8-2-3-9-16/h11H,2-10H2,1H3,(H,17,18)(H2,14,15,19). The van der Waals surface area contributed by atoms with Crippen molar-refractivity contribution in [1.29, 1.82) is 0 Å². The topological polar surface area (TPSA) is 81.7 Å². The van der Waals surface area contributed by atoms with Gasteiger partial charge in [-0.2, -0.15) is 0 Å². The Morgan fingerprint density at radius 3 is 2.63 bits per heavy atom. The van der Waals surface area contributed by atoms with E-state index in [2.05, 4.69) is 15.5 Å². The van der Waals surface area contributed by atoms with Crippen molar-refractivity contribution in [2.75, 3.05) is 26.2 Å². The first-order valence-electron chi connectivity index (χ1n) is 7.06. The lowest BCUT2D eigenvalue weighted by Gasteiger charge is -2.16. The minimum absolute atomic E-state index is 0.0798. The van der Waals surface area contributed by atoms with Crippen molar-refractivity contribution in [2.24, 2.45) is 0 Å². The van der Waals surface area contributed by atoms with Crippen molar-refractivity contribution < 1.29 is 14.7 Å². The van der Waals surface area contributed by atoms with E-state index in [-0.39, 0.29) is 18.5 Å². The maximum Gasteiger partial charge on any atom is 0.314 e. The zero-order valence-corrected chi connectivity index (χ0v) is 11.7. The molecule has 0 saturated carbocycles. The molecule has 0 aromatic rings. The largest absolute Gasteiger partial charge is 0.481 e. The van der Waals surface area contributed by atoms with Crippen LogP contribution in [-0.4, -0.2) is 54.2 Å². The van der Waals surface area contributed by atoms with Crippen molar-refractivity contribution in [3.8, 4) is 0 Å². The molecule has 1 saturated heterocycles. The lowest BCUT2D eigenvalue weighted by Crippen LogP contribution is -2.41. The number of carbonyl (C=O) groups is 2. The molecule has 19 heavy (non-hydrogen) atoms. The average Bonchev–Trinajstić information content (AvgIpc) is 2.85. The molecule has 110 valence electrons. The number of carboxylic acid groups (broad SMARTS) is 1. The molecule has 1 aliphatic rings. The van der Waals surface area contributed by atoms with Gasteiger partial charge in [-0.05, 0) is 52.2 Å². The second kappa shape index (κ2) is 8.74. The summed E-state index contributed by atoms with van der Waals surface area (Å²) < 4.78 is 0. The van der Waals surface area contributed by atoms with Crippen LogP contribution in [0.25, 0.3) is 0 Å². The second-order valence-electron chi connectivity index (χ2n) is 5.14. The molecule has 2 amide bonds. The van der Waals surface area contributed by atoms with Crippen LogP contribution in [0.5, 0.6) is 0 Å². The third-order valence-electron chi connectivity index (χ3n) is 3.30. The highest BCUT2D eigenvalue weighted by molar-refractivity contribution is 5.74. The van der Waals surface area contributed by atoms with Gasteiger partial charge in [0, 0.05) is 19.0 Å². The Balaban J connectivity index is 1.98. The molecule has 0 bridgehead atoms. The van der Waals surface area contributed by atoms with E-state index in [0.29, 0.717) is 13.0 Å². The molecule has 0 aromatic carbocycles. The number of hydrogen-bond donors (Lipinski definition) is 3. The van der Waals surface area contributed by atoms with Gasteiger partial charge in [0.1, 0.15) is 0 Å². The van der Waals surface area contributed by atoms with E-state index >= 15 is 0 Å². The summed E-state index contributed by atoms with van der Waals surface area (Å²) in [4.78, 5) is 24.3. The van der Waals surface area contributed by atoms with Crippen LogP contribution >= 0.6 is 0 Å². The Bertz CT molecular complexity index is 291. The Kier molecular flexibility index (Phi) is 7.25. The highest BCUT2D eigenvalue weighted by Gasteiger charge is 2.11. The van der Waals surface area contributed by atoms with E-state index < -0.39 is 5.97 Å². The van der Waals surface area contributed by atoms with Crippen LogP contribution in [0, 0.1) is 0 Å². The normalized spacial score (nSPS) is 17.1. The van der Waals surface area contributed by atoms with E-state index in [9.17, 15) is 9.59 Å². The number of urea groups is 1. The summed E-state index contributed by atoms with van der Waals surface area (Å²) in [6, 6.07) is -0.325. The average molecular weight is 271 g/mol. The number of nitrogens with one attached hydrogen (secondary N) is 2. The van der Waals surface area contributed by atoms with Crippen LogP contribution < -0.4 is 10.6 Å². The first-order valence-corrected chi connectivity index (χ1v) is 7.06. The van der Waals surface area contributed by atoms with E-state index in [1.54, 1.807) is 0 Å². The fourth-order valence-electron chi connectivity index (χ4n) is 2.20. The summed E-state index contributed by atoms with van der Waals surface area (Å²) in [6.45, 7) is 5.87. The third-order valence-corrected chi connectivity index (χ3v) is 3.30. The molecule has 1 rings (SSSR count). The first-order chi connectivity index (χ1) is 9.08. The third kappa shape index (κ3) is 7.66. The zero-order chi connectivity index (χ0) is 14.1. The van der Waals surface area contributed by atoms with Crippen LogP contribution in [-0.2, 0) is 4.79 Å². The number of aliphatic carboxylic acids is 1. The Labute approximate surface area is 114 Å². The smallest absolute Gasteiger partial charge is 0.314 e. The molecule has 1 aliphatic heterocycles. The number of nitrogens with zero attached hydrogens (tertiary/aromatic N) is 1. The summed E-state index contributed by atoms with van der Waals surface area (Å²) in [5, 5.41) is 14.1. The van der Waals surface area contributed by atoms with Gasteiger partial charge in [-0.3, -0.25) is 4.79 Å². The van der Waals surface area contributed by atoms with Gasteiger partial charge < -0.3 is 20.6 Å². The van der Waals surface area contributed by atoms with Crippen LogP contribution in [0.15, 0.2) is 0 Å². The summed E-state index contributed by atoms with van der Waals surface area (Å²) >= 11 is 0. The molecule has 6 heteroatoms. The number of hydrogen-bond acceptors (Lipinski definition) is 3. The predicted molar refractivity (Wildman–Crippen MR) is 73.2 cm³/mol. The number of rotatable bonds is 8. The molecule has 0 radical (unpaired) electrons. The monoisotopic (exact) mass is 271 g/mol. The maximum atomic E-state index is 11.5. The first kappa shape index (κ1) is 15.8. The zero-order valence-electron chi connectivity index (χ0n) is 11.7. The molecule has 1 heterocycles. The van der Waals surface area contributed by atoms with Gasteiger partial charge in [-0.15, -0.1) is 0 Å². The summed E-state index contributed by atoms with van der Waals surface area (Å²) in [5.74, 6) is -0.834. The summed E-state index contributed by atoms with van der Waals surface area (Å²) in [5.41, 5.74) is 0. The molecule has 6 nitrogen and oxygen atoms in total. The van der Waals surface area contributed by atoms with Crippen molar-refractivity contribution in [2.45, 2.75) is 45.1 Å². The molecule has 1 unspecified atom stereocenters. The minimum atomic E-state index is -0.834. The van der Waals surface area contributed by atoms with E-state index in [1.165, 1.54) is 25.9 Å². The van der Waals surface area contributed by atoms with Crippen LogP contribution in [0.3, 0.4) is 0 Å². The SMILES string of the molecule is CC(CCC(=O)O)NC(=O)NCCCN1CCCC1. The Morgan fingerprint density at radius 1 is 1.32 bits per heavy atom. The van der Waals surface area contributed by atoms with Gasteiger partial charge in [-0.25, -0.2) is 4.79 Å². The number of amides is 2. The highest BCUT2D eigenvalue weighted by atomic mass is 16.4. The van der Waals surface area contributed by atoms with Crippen molar-refractivity contribution in [1.82, 2.24) is 15.5 Å². The van der Waals surface area contributed by atoms with Crippen LogP contribution in [0.4, 0.5) is 4.79 Å². The fourth-order valence-corrected chi connectivity index (χ4v) is 2.20. The van der Waals surface area contributed by atoms with Gasteiger partial charge in [0.05, 0.1) is 0 Å². The van der Waals surface area contributed by atoms with Crippen molar-refractivity contribution >= 4 is 12.0 Å². The molecule has 0 aromatic heterocycles. The minimum Gasteiger partial charge on any atom is -0.481 e. The molecular weight excluding hydrogens is 246 g/mol. The fraction of sp³-hybridized carbons (Fsp3) is 0.846. The Morgan fingerprint density at radius 2 is 2.00 bits per heavy atom.